The molecule has 102 valence electrons. The topological polar surface area (TPSA) is 68.5 Å². The van der Waals surface area contributed by atoms with Crippen LogP contribution >= 0.6 is 0 Å². The predicted molar refractivity (Wildman–Crippen MR) is 76.3 cm³/mol. The highest BCUT2D eigenvalue weighted by atomic mass is 16.5. The van der Waals surface area contributed by atoms with Crippen LogP contribution in [0.3, 0.4) is 0 Å². The third-order valence-electron chi connectivity index (χ3n) is 3.46. The summed E-state index contributed by atoms with van der Waals surface area (Å²) in [4.78, 5) is 17.7. The summed E-state index contributed by atoms with van der Waals surface area (Å²) < 4.78 is 4.69. The maximum absolute atomic E-state index is 11.5. The normalized spacial score (nSPS) is 13.2. The van der Waals surface area contributed by atoms with Crippen molar-refractivity contribution in [3.05, 3.63) is 53.3 Å². The molecule has 0 amide bonds. The molecule has 0 saturated carbocycles. The standard InChI is InChI=1S/C15H15N3O2/c1-20-15(19)14-7-13(4-5-17-14)18-8-10-2-3-12(16)6-11(10)9-18/h2-7H,8-9,16H2,1H3. The molecule has 0 saturated heterocycles. The summed E-state index contributed by atoms with van der Waals surface area (Å²) in [6.45, 7) is 1.59. The average molecular weight is 269 g/mol. The van der Waals surface area contributed by atoms with E-state index in [9.17, 15) is 4.79 Å². The molecule has 0 radical (unpaired) electrons. The number of hydrogen-bond donors (Lipinski definition) is 1. The van der Waals surface area contributed by atoms with E-state index in [0.29, 0.717) is 5.69 Å². The summed E-state index contributed by atoms with van der Waals surface area (Å²) in [5.74, 6) is -0.423. The Morgan fingerprint density at radius 3 is 2.85 bits per heavy atom. The van der Waals surface area contributed by atoms with Gasteiger partial charge in [-0.25, -0.2) is 9.78 Å². The Kier molecular flexibility index (Phi) is 3.02. The van der Waals surface area contributed by atoms with Crippen LogP contribution in [0.1, 0.15) is 21.6 Å². The number of fused-ring (bicyclic) bond motifs is 1. The first kappa shape index (κ1) is 12.5. The molecule has 5 heteroatoms. The van der Waals surface area contributed by atoms with Crippen molar-refractivity contribution in [1.82, 2.24) is 4.98 Å². The lowest BCUT2D eigenvalue weighted by Crippen LogP contribution is -2.15. The third kappa shape index (κ3) is 2.18. The van der Waals surface area contributed by atoms with Gasteiger partial charge in [-0.15, -0.1) is 0 Å². The fourth-order valence-corrected chi connectivity index (χ4v) is 2.43. The molecule has 0 unspecified atom stereocenters. The molecule has 0 aliphatic carbocycles. The summed E-state index contributed by atoms with van der Waals surface area (Å²) in [5, 5.41) is 0. The number of ether oxygens (including phenoxy) is 1. The molecular formula is C15H15N3O2. The number of pyridine rings is 1. The molecule has 20 heavy (non-hydrogen) atoms. The minimum absolute atomic E-state index is 0.320. The molecule has 3 rings (SSSR count). The summed E-state index contributed by atoms with van der Waals surface area (Å²) in [5.41, 5.74) is 10.3. The number of nitrogens with two attached hydrogens (primary N) is 1. The maximum atomic E-state index is 11.5. The third-order valence-corrected chi connectivity index (χ3v) is 3.46. The van der Waals surface area contributed by atoms with E-state index >= 15 is 0 Å². The van der Waals surface area contributed by atoms with Crippen molar-refractivity contribution in [2.24, 2.45) is 0 Å². The monoisotopic (exact) mass is 269 g/mol. The van der Waals surface area contributed by atoms with Crippen molar-refractivity contribution in [2.45, 2.75) is 13.1 Å². The van der Waals surface area contributed by atoms with Gasteiger partial charge in [-0.2, -0.15) is 0 Å². The number of methoxy groups -OCH3 is 1. The van der Waals surface area contributed by atoms with Crippen LogP contribution in [0.25, 0.3) is 0 Å². The first-order valence-corrected chi connectivity index (χ1v) is 6.34. The number of aromatic nitrogens is 1. The lowest BCUT2D eigenvalue weighted by Gasteiger charge is -2.17. The van der Waals surface area contributed by atoms with Crippen LogP contribution in [0.5, 0.6) is 0 Å². The summed E-state index contributed by atoms with van der Waals surface area (Å²) in [6.07, 6.45) is 1.62. The molecule has 0 bridgehead atoms. The maximum Gasteiger partial charge on any atom is 0.356 e. The van der Waals surface area contributed by atoms with Crippen LogP contribution in [-0.4, -0.2) is 18.1 Å². The Morgan fingerprint density at radius 2 is 2.05 bits per heavy atom. The Balaban J connectivity index is 1.87. The van der Waals surface area contributed by atoms with E-state index in [1.165, 1.54) is 18.2 Å². The number of carbonyl (C=O) groups excluding carboxylic acids is 1. The van der Waals surface area contributed by atoms with Gasteiger partial charge in [0.2, 0.25) is 0 Å². The average Bonchev–Trinajstić information content (AvgIpc) is 2.89. The van der Waals surface area contributed by atoms with Crippen molar-refractivity contribution in [3.63, 3.8) is 0 Å². The van der Waals surface area contributed by atoms with Crippen LogP contribution in [-0.2, 0) is 17.8 Å². The molecule has 5 nitrogen and oxygen atoms in total. The van der Waals surface area contributed by atoms with Gasteiger partial charge in [0.05, 0.1) is 7.11 Å². The van der Waals surface area contributed by atoms with E-state index in [1.54, 1.807) is 12.3 Å². The van der Waals surface area contributed by atoms with E-state index in [2.05, 4.69) is 9.88 Å². The van der Waals surface area contributed by atoms with E-state index < -0.39 is 5.97 Å². The number of benzene rings is 1. The highest BCUT2D eigenvalue weighted by Crippen LogP contribution is 2.29. The van der Waals surface area contributed by atoms with Gasteiger partial charge in [0.25, 0.3) is 0 Å². The molecule has 2 N–H and O–H groups in total. The first-order chi connectivity index (χ1) is 9.67. The zero-order valence-corrected chi connectivity index (χ0v) is 11.2. The summed E-state index contributed by atoms with van der Waals surface area (Å²) in [6, 6.07) is 9.60. The molecule has 1 aliphatic rings. The quantitative estimate of drug-likeness (QED) is 0.667. The Hall–Kier alpha value is -2.56. The van der Waals surface area contributed by atoms with Crippen molar-refractivity contribution in [3.8, 4) is 0 Å². The van der Waals surface area contributed by atoms with Gasteiger partial charge in [0.1, 0.15) is 5.69 Å². The number of carbonyl (C=O) groups is 1. The van der Waals surface area contributed by atoms with Crippen molar-refractivity contribution >= 4 is 17.3 Å². The minimum Gasteiger partial charge on any atom is -0.464 e. The van der Waals surface area contributed by atoms with Gasteiger partial charge >= 0.3 is 5.97 Å². The van der Waals surface area contributed by atoms with Crippen molar-refractivity contribution in [2.75, 3.05) is 17.7 Å². The van der Waals surface area contributed by atoms with Gasteiger partial charge in [-0.05, 0) is 35.4 Å². The molecule has 1 aromatic heterocycles. The smallest absolute Gasteiger partial charge is 0.356 e. The number of rotatable bonds is 2. The molecule has 2 heterocycles. The van der Waals surface area contributed by atoms with Crippen LogP contribution in [0.2, 0.25) is 0 Å². The number of nitrogens with zero attached hydrogens (tertiary/aromatic N) is 2. The van der Waals surface area contributed by atoms with Crippen LogP contribution in [0.15, 0.2) is 36.5 Å². The van der Waals surface area contributed by atoms with E-state index in [4.69, 9.17) is 10.5 Å². The summed E-state index contributed by atoms with van der Waals surface area (Å²) in [7, 11) is 1.35. The zero-order chi connectivity index (χ0) is 14.1. The number of hydrogen-bond acceptors (Lipinski definition) is 5. The second kappa shape index (κ2) is 4.85. The number of anilines is 2. The summed E-state index contributed by atoms with van der Waals surface area (Å²) >= 11 is 0. The van der Waals surface area contributed by atoms with Crippen molar-refractivity contribution in [1.29, 1.82) is 0 Å². The van der Waals surface area contributed by atoms with Crippen LogP contribution in [0.4, 0.5) is 11.4 Å². The highest BCUT2D eigenvalue weighted by molar-refractivity contribution is 5.88. The predicted octanol–water partition coefficient (Wildman–Crippen LogP) is 1.97. The largest absolute Gasteiger partial charge is 0.464 e. The lowest BCUT2D eigenvalue weighted by molar-refractivity contribution is 0.0594. The van der Waals surface area contributed by atoms with Gasteiger partial charge in [-0.1, -0.05) is 6.07 Å². The molecule has 2 aromatic rings. The van der Waals surface area contributed by atoms with Gasteiger partial charge < -0.3 is 15.4 Å². The van der Waals surface area contributed by atoms with Gasteiger partial charge in [-0.3, -0.25) is 0 Å². The molecular weight excluding hydrogens is 254 g/mol. The molecule has 1 aliphatic heterocycles. The molecule has 0 fully saturated rings. The fraction of sp³-hybridized carbons (Fsp3) is 0.200. The van der Waals surface area contributed by atoms with Crippen LogP contribution in [0, 0.1) is 0 Å². The number of nitrogen functional groups attached to an aromatic ring is 1. The van der Waals surface area contributed by atoms with Gasteiger partial charge in [0, 0.05) is 30.7 Å². The van der Waals surface area contributed by atoms with Crippen LogP contribution < -0.4 is 10.6 Å². The Labute approximate surface area is 117 Å². The second-order valence-electron chi connectivity index (χ2n) is 4.78. The minimum atomic E-state index is -0.423. The highest BCUT2D eigenvalue weighted by Gasteiger charge is 2.20. The Bertz CT molecular complexity index is 670. The van der Waals surface area contributed by atoms with Gasteiger partial charge in [0.15, 0.2) is 0 Å². The van der Waals surface area contributed by atoms with Crippen molar-refractivity contribution < 1.29 is 9.53 Å². The number of esters is 1. The molecule has 1 aromatic carbocycles. The van der Waals surface area contributed by atoms with E-state index in [0.717, 1.165) is 24.5 Å². The lowest BCUT2D eigenvalue weighted by atomic mass is 10.1. The van der Waals surface area contributed by atoms with E-state index in [-0.39, 0.29) is 0 Å². The fourth-order valence-electron chi connectivity index (χ4n) is 2.43. The Morgan fingerprint density at radius 1 is 1.25 bits per heavy atom. The SMILES string of the molecule is COC(=O)c1cc(N2Cc3ccc(N)cc3C2)ccn1. The molecule has 0 atom stereocenters. The second-order valence-corrected chi connectivity index (χ2v) is 4.78. The first-order valence-electron chi connectivity index (χ1n) is 6.34. The van der Waals surface area contributed by atoms with E-state index in [1.807, 2.05) is 24.3 Å². The zero-order valence-electron chi connectivity index (χ0n) is 11.2. The molecule has 0 spiro atoms.